The first-order valence-corrected chi connectivity index (χ1v) is 9.36. The van der Waals surface area contributed by atoms with Crippen molar-refractivity contribution in [3.63, 3.8) is 0 Å². The largest absolute Gasteiger partial charge is 0.291 e. The van der Waals surface area contributed by atoms with Crippen molar-refractivity contribution >= 4 is 65.3 Å². The van der Waals surface area contributed by atoms with Crippen molar-refractivity contribution < 1.29 is 13.2 Å². The molecule has 3 aromatic rings. The molecule has 0 N–H and O–H groups in total. The number of hydrogen-bond acceptors (Lipinski definition) is 5. The third kappa shape index (κ3) is 2.66. The summed E-state index contributed by atoms with van der Waals surface area (Å²) in [6.45, 7) is 0. The first-order valence-electron chi connectivity index (χ1n) is 5.73. The van der Waals surface area contributed by atoms with Crippen molar-refractivity contribution in [1.29, 1.82) is 0 Å². The molecular weight excluding hydrogens is 355 g/mol. The van der Waals surface area contributed by atoms with Gasteiger partial charge in [0.05, 0.1) is 20.3 Å². The van der Waals surface area contributed by atoms with Gasteiger partial charge in [-0.3, -0.25) is 9.20 Å². The Morgan fingerprint density at radius 1 is 1.38 bits per heavy atom. The van der Waals surface area contributed by atoms with Crippen LogP contribution in [0.25, 0.3) is 15.2 Å². The maximum atomic E-state index is 11.9. The number of thiazole rings is 1. The molecule has 0 bridgehead atoms. The number of hydrogen-bond donors (Lipinski definition) is 0. The van der Waals surface area contributed by atoms with Gasteiger partial charge in [0.15, 0.2) is 20.6 Å². The summed E-state index contributed by atoms with van der Waals surface area (Å²) in [4.78, 5) is 16.6. The van der Waals surface area contributed by atoms with E-state index >= 15 is 0 Å². The van der Waals surface area contributed by atoms with E-state index in [2.05, 4.69) is 4.98 Å². The van der Waals surface area contributed by atoms with E-state index in [1.54, 1.807) is 16.5 Å². The van der Waals surface area contributed by atoms with Gasteiger partial charge in [-0.25, -0.2) is 13.4 Å². The van der Waals surface area contributed by atoms with Gasteiger partial charge in [-0.2, -0.15) is 0 Å². The minimum Gasteiger partial charge on any atom is -0.291 e. The number of rotatable bonds is 3. The average Bonchev–Trinajstić information content (AvgIpc) is 2.89. The van der Waals surface area contributed by atoms with Crippen molar-refractivity contribution in [2.45, 2.75) is 0 Å². The smallest absolute Gasteiger partial charge is 0.197 e. The molecule has 0 amide bonds. The molecule has 0 aliphatic carbocycles. The van der Waals surface area contributed by atoms with Crippen molar-refractivity contribution in [3.8, 4) is 0 Å². The number of aromatic nitrogens is 2. The predicted molar refractivity (Wildman–Crippen MR) is 84.6 cm³/mol. The van der Waals surface area contributed by atoms with Crippen molar-refractivity contribution in [1.82, 2.24) is 9.38 Å². The molecule has 9 heteroatoms. The first-order chi connectivity index (χ1) is 9.76. The first kappa shape index (κ1) is 14.8. The Labute approximate surface area is 134 Å². The van der Waals surface area contributed by atoms with E-state index in [4.69, 9.17) is 23.2 Å². The van der Waals surface area contributed by atoms with E-state index in [9.17, 15) is 13.2 Å². The lowest BCUT2D eigenvalue weighted by atomic mass is 10.3. The van der Waals surface area contributed by atoms with Crippen LogP contribution in [0, 0.1) is 0 Å². The highest BCUT2D eigenvalue weighted by Crippen LogP contribution is 2.36. The van der Waals surface area contributed by atoms with Crippen molar-refractivity contribution in [2.75, 3.05) is 12.0 Å². The van der Waals surface area contributed by atoms with E-state index in [0.717, 1.165) is 16.5 Å². The molecule has 0 atom stereocenters. The number of sulfone groups is 1. The molecule has 2 heterocycles. The van der Waals surface area contributed by atoms with Crippen LogP contribution >= 0.6 is 34.5 Å². The summed E-state index contributed by atoms with van der Waals surface area (Å²) in [6, 6.07) is 3.44. The van der Waals surface area contributed by atoms with Gasteiger partial charge in [0.2, 0.25) is 0 Å². The van der Waals surface area contributed by atoms with Gasteiger partial charge in [0, 0.05) is 12.5 Å². The van der Waals surface area contributed by atoms with Gasteiger partial charge in [-0.05, 0) is 12.1 Å². The second kappa shape index (κ2) is 4.95. The van der Waals surface area contributed by atoms with Crippen LogP contribution in [0.2, 0.25) is 10.0 Å². The number of carbonyl (C=O) groups excluding carboxylic acids is 1. The van der Waals surface area contributed by atoms with Crippen LogP contribution in [0.4, 0.5) is 0 Å². The van der Waals surface area contributed by atoms with Crippen LogP contribution in [0.3, 0.4) is 0 Å². The molecule has 1 aromatic carbocycles. The molecule has 0 fully saturated rings. The molecule has 0 saturated carbocycles. The van der Waals surface area contributed by atoms with E-state index in [-0.39, 0.29) is 5.69 Å². The van der Waals surface area contributed by atoms with E-state index in [1.165, 1.54) is 17.5 Å². The number of halogens is 2. The van der Waals surface area contributed by atoms with Crippen LogP contribution in [0.15, 0.2) is 18.3 Å². The fourth-order valence-corrected chi connectivity index (χ4v) is 4.11. The van der Waals surface area contributed by atoms with E-state index in [0.29, 0.717) is 15.0 Å². The Morgan fingerprint density at radius 3 is 2.76 bits per heavy atom. The normalized spacial score (nSPS) is 12.3. The Hall–Kier alpha value is -1.15. The molecule has 0 unspecified atom stereocenters. The second-order valence-corrected chi connectivity index (χ2v) is 8.49. The standard InChI is InChI=1S/C12H8Cl2N2O3S2/c1-21(18,19)5-9(17)7-4-16-8-3-2-6(13)10(14)11(8)20-12(16)15-7/h2-4H,5H2,1H3. The van der Waals surface area contributed by atoms with Crippen LogP contribution in [0.5, 0.6) is 0 Å². The van der Waals surface area contributed by atoms with E-state index < -0.39 is 21.4 Å². The zero-order chi connectivity index (χ0) is 15.4. The average molecular weight is 363 g/mol. The summed E-state index contributed by atoms with van der Waals surface area (Å²) in [7, 11) is -3.38. The molecule has 5 nitrogen and oxygen atoms in total. The van der Waals surface area contributed by atoms with Crippen molar-refractivity contribution in [2.24, 2.45) is 0 Å². The maximum absolute atomic E-state index is 11.9. The van der Waals surface area contributed by atoms with Crippen LogP contribution in [-0.4, -0.2) is 35.6 Å². The van der Waals surface area contributed by atoms with Crippen molar-refractivity contribution in [3.05, 3.63) is 34.1 Å². The molecule has 0 aliphatic heterocycles. The number of Topliss-reactive ketones (excluding diaryl/α,β-unsaturated/α-hetero) is 1. The highest BCUT2D eigenvalue weighted by Gasteiger charge is 2.19. The van der Waals surface area contributed by atoms with Crippen LogP contribution < -0.4 is 0 Å². The third-order valence-corrected chi connectivity index (χ3v) is 5.63. The Kier molecular flexibility index (Phi) is 3.48. The highest BCUT2D eigenvalue weighted by molar-refractivity contribution is 7.91. The molecule has 0 spiro atoms. The zero-order valence-electron chi connectivity index (χ0n) is 10.6. The van der Waals surface area contributed by atoms with Gasteiger partial charge in [-0.15, -0.1) is 0 Å². The fraction of sp³-hybridized carbons (Fsp3) is 0.167. The molecule has 0 radical (unpaired) electrons. The Bertz CT molecular complexity index is 989. The van der Waals surface area contributed by atoms with Gasteiger partial charge in [0.1, 0.15) is 11.4 Å². The van der Waals surface area contributed by atoms with Gasteiger partial charge >= 0.3 is 0 Å². The van der Waals surface area contributed by atoms with Crippen LogP contribution in [-0.2, 0) is 9.84 Å². The third-order valence-electron chi connectivity index (χ3n) is 2.83. The van der Waals surface area contributed by atoms with Gasteiger partial charge < -0.3 is 0 Å². The number of fused-ring (bicyclic) bond motifs is 3. The number of benzene rings is 1. The number of ketones is 1. The molecule has 0 saturated heterocycles. The summed E-state index contributed by atoms with van der Waals surface area (Å²) in [5.41, 5.74) is 0.898. The molecule has 21 heavy (non-hydrogen) atoms. The Morgan fingerprint density at radius 2 is 2.10 bits per heavy atom. The summed E-state index contributed by atoms with van der Waals surface area (Å²) < 4.78 is 24.8. The summed E-state index contributed by atoms with van der Waals surface area (Å²) in [5.74, 6) is -1.08. The lowest BCUT2D eigenvalue weighted by Gasteiger charge is -1.97. The Balaban J connectivity index is 2.14. The molecule has 3 rings (SSSR count). The molecule has 0 aliphatic rings. The van der Waals surface area contributed by atoms with Gasteiger partial charge in [0.25, 0.3) is 0 Å². The summed E-state index contributed by atoms with van der Waals surface area (Å²) in [5, 5.41) is 0.885. The minimum atomic E-state index is -3.38. The monoisotopic (exact) mass is 362 g/mol. The number of carbonyl (C=O) groups is 1. The lowest BCUT2D eigenvalue weighted by Crippen LogP contribution is -2.14. The van der Waals surface area contributed by atoms with E-state index in [1.807, 2.05) is 0 Å². The summed E-state index contributed by atoms with van der Waals surface area (Å²) >= 11 is 13.4. The fourth-order valence-electron chi connectivity index (χ4n) is 1.95. The number of nitrogens with zero attached hydrogens (tertiary/aromatic N) is 2. The molecular formula is C12H8Cl2N2O3S2. The molecule has 110 valence electrons. The summed E-state index contributed by atoms with van der Waals surface area (Å²) in [6.07, 6.45) is 2.53. The SMILES string of the molecule is CS(=O)(=O)CC(=O)c1cn2c(n1)sc1c(Cl)c(Cl)ccc12. The second-order valence-electron chi connectivity index (χ2n) is 4.58. The minimum absolute atomic E-state index is 0.125. The quantitative estimate of drug-likeness (QED) is 0.671. The lowest BCUT2D eigenvalue weighted by molar-refractivity contribution is 0.101. The molecule has 2 aromatic heterocycles. The highest BCUT2D eigenvalue weighted by atomic mass is 35.5. The predicted octanol–water partition coefficient (Wildman–Crippen LogP) is 3.08. The topological polar surface area (TPSA) is 68.5 Å². The maximum Gasteiger partial charge on any atom is 0.197 e. The number of imidazole rings is 1. The zero-order valence-corrected chi connectivity index (χ0v) is 13.8. The van der Waals surface area contributed by atoms with Crippen LogP contribution in [0.1, 0.15) is 10.5 Å². The van der Waals surface area contributed by atoms with Gasteiger partial charge in [-0.1, -0.05) is 34.5 Å².